The number of hydrogen-bond donors (Lipinski definition) is 4. The Morgan fingerprint density at radius 3 is 2.41 bits per heavy atom. The molecule has 2 aromatic heterocycles. The number of ether oxygens (including phenoxy) is 1. The first-order valence-corrected chi connectivity index (χ1v) is 12.6. The van der Waals surface area contributed by atoms with E-state index in [1.165, 1.54) is 4.57 Å². The quantitative estimate of drug-likeness (QED) is 0.256. The van der Waals surface area contributed by atoms with Gasteiger partial charge in [-0.2, -0.15) is 0 Å². The number of nitrogens with zero attached hydrogens (tertiary/aromatic N) is 2. The highest BCUT2D eigenvalue weighted by Gasteiger charge is 2.17. The zero-order valence-electron chi connectivity index (χ0n) is 23.1. The van der Waals surface area contributed by atoms with Crippen LogP contribution in [0.15, 0.2) is 47.4 Å². The molecule has 10 nitrogen and oxygen atoms in total. The second-order valence-electron chi connectivity index (χ2n) is 9.91. The third kappa shape index (κ3) is 5.96. The number of pyridine rings is 1. The van der Waals surface area contributed by atoms with Gasteiger partial charge in [-0.15, -0.1) is 0 Å². The van der Waals surface area contributed by atoms with Crippen molar-refractivity contribution in [2.24, 2.45) is 7.05 Å². The highest BCUT2D eigenvalue weighted by Crippen LogP contribution is 2.36. The minimum Gasteiger partial charge on any atom is -0.457 e. The van der Waals surface area contributed by atoms with Gasteiger partial charge < -0.3 is 35.6 Å². The number of hydrogen-bond acceptors (Lipinski definition) is 6. The summed E-state index contributed by atoms with van der Waals surface area (Å²) in [4.78, 5) is 42.2. The summed E-state index contributed by atoms with van der Waals surface area (Å²) in [5.74, 6) is 0.784. The summed E-state index contributed by atoms with van der Waals surface area (Å²) in [7, 11) is 5.34. The summed E-state index contributed by atoms with van der Waals surface area (Å²) >= 11 is 0. The lowest BCUT2D eigenvalue weighted by Gasteiger charge is -2.16. The molecule has 0 fully saturated rings. The average Bonchev–Trinajstić information content (AvgIpc) is 3.29. The van der Waals surface area contributed by atoms with E-state index in [9.17, 15) is 14.4 Å². The smallest absolute Gasteiger partial charge is 0.274 e. The van der Waals surface area contributed by atoms with Crippen LogP contribution < -0.4 is 26.7 Å². The summed E-state index contributed by atoms with van der Waals surface area (Å²) in [6, 6.07) is 10.8. The molecule has 39 heavy (non-hydrogen) atoms. The van der Waals surface area contributed by atoms with Gasteiger partial charge in [-0.3, -0.25) is 14.4 Å². The summed E-state index contributed by atoms with van der Waals surface area (Å²) in [6.07, 6.45) is 1.72. The van der Waals surface area contributed by atoms with Crippen molar-refractivity contribution in [2.75, 3.05) is 38.2 Å². The molecular weight excluding hydrogens is 496 g/mol. The third-order valence-electron chi connectivity index (χ3n) is 6.21. The number of nitrogens with two attached hydrogens (primary N) is 1. The van der Waals surface area contributed by atoms with Crippen LogP contribution in [0.5, 0.6) is 11.5 Å². The monoisotopic (exact) mass is 530 g/mol. The van der Waals surface area contributed by atoms with Gasteiger partial charge in [-0.1, -0.05) is 0 Å². The van der Waals surface area contributed by atoms with Crippen LogP contribution in [0.1, 0.15) is 28.5 Å². The minimum atomic E-state index is -0.286. The molecule has 5 N–H and O–H groups in total. The first kappa shape index (κ1) is 27.5. The van der Waals surface area contributed by atoms with Gasteiger partial charge in [0.15, 0.2) is 0 Å². The molecule has 0 saturated heterocycles. The van der Waals surface area contributed by atoms with E-state index in [1.54, 1.807) is 36.3 Å². The standard InChI is InChI=1S/C29H34N6O4/c1-7-31-28(37)24-13-22-23(14-35(6)29(38)26(22)33-24)18-10-19(30)12-21(11-18)39-27-16(2)8-20(9-17(27)3)32-25(36)15-34(4)5/h8-14,33H,7,15,30H2,1-6H3,(H,31,37)(H,32,36). The Bertz CT molecular complexity index is 1610. The first-order valence-electron chi connectivity index (χ1n) is 12.6. The largest absolute Gasteiger partial charge is 0.457 e. The molecule has 0 aliphatic heterocycles. The minimum absolute atomic E-state index is 0.100. The predicted molar refractivity (Wildman–Crippen MR) is 155 cm³/mol. The lowest BCUT2D eigenvalue weighted by molar-refractivity contribution is -0.116. The topological polar surface area (TPSA) is 134 Å². The molecule has 4 aromatic rings. The van der Waals surface area contributed by atoms with E-state index >= 15 is 0 Å². The molecular formula is C29H34N6O4. The summed E-state index contributed by atoms with van der Waals surface area (Å²) < 4.78 is 7.78. The number of likely N-dealkylation sites (N-methyl/N-ethyl adjacent to an activating group) is 1. The molecule has 10 heteroatoms. The third-order valence-corrected chi connectivity index (χ3v) is 6.21. The van der Waals surface area contributed by atoms with E-state index in [0.717, 1.165) is 22.3 Å². The molecule has 0 saturated carbocycles. The van der Waals surface area contributed by atoms with Crippen molar-refractivity contribution in [1.82, 2.24) is 19.8 Å². The number of aromatic amines is 1. The number of aryl methyl sites for hydroxylation is 3. The number of nitrogens with one attached hydrogen (secondary N) is 3. The number of rotatable bonds is 8. The Labute approximate surface area is 226 Å². The van der Waals surface area contributed by atoms with Gasteiger partial charge in [0.05, 0.1) is 6.54 Å². The Morgan fingerprint density at radius 1 is 1.08 bits per heavy atom. The maximum Gasteiger partial charge on any atom is 0.274 e. The van der Waals surface area contributed by atoms with Crippen molar-refractivity contribution in [3.05, 3.63) is 69.8 Å². The maximum atomic E-state index is 12.8. The van der Waals surface area contributed by atoms with E-state index in [-0.39, 0.29) is 23.9 Å². The molecule has 0 unspecified atom stereocenters. The molecule has 0 spiro atoms. The van der Waals surface area contributed by atoms with Crippen molar-refractivity contribution in [2.45, 2.75) is 20.8 Å². The van der Waals surface area contributed by atoms with Gasteiger partial charge in [-0.25, -0.2) is 0 Å². The lowest BCUT2D eigenvalue weighted by Crippen LogP contribution is -2.27. The molecule has 0 radical (unpaired) electrons. The Balaban J connectivity index is 1.72. The highest BCUT2D eigenvalue weighted by molar-refractivity contribution is 6.02. The van der Waals surface area contributed by atoms with Crippen molar-refractivity contribution in [3.8, 4) is 22.6 Å². The van der Waals surface area contributed by atoms with Crippen LogP contribution in [0.3, 0.4) is 0 Å². The molecule has 0 bridgehead atoms. The fourth-order valence-electron chi connectivity index (χ4n) is 4.57. The second kappa shape index (κ2) is 11.0. The van der Waals surface area contributed by atoms with Gasteiger partial charge in [-0.05, 0) is 81.9 Å². The summed E-state index contributed by atoms with van der Waals surface area (Å²) in [5.41, 5.74) is 11.0. The lowest BCUT2D eigenvalue weighted by atomic mass is 10.0. The number of carbonyl (C=O) groups excluding carboxylic acids is 2. The molecule has 204 valence electrons. The number of anilines is 2. The Morgan fingerprint density at radius 2 is 1.77 bits per heavy atom. The summed E-state index contributed by atoms with van der Waals surface area (Å²) in [5, 5.41) is 6.28. The molecule has 2 aromatic carbocycles. The number of amides is 2. The first-order chi connectivity index (χ1) is 18.5. The van der Waals surface area contributed by atoms with E-state index in [2.05, 4.69) is 15.6 Å². The number of benzene rings is 2. The number of nitrogen functional groups attached to an aromatic ring is 1. The van der Waals surface area contributed by atoms with Crippen molar-refractivity contribution in [3.63, 3.8) is 0 Å². The van der Waals surface area contributed by atoms with Crippen molar-refractivity contribution >= 4 is 34.1 Å². The van der Waals surface area contributed by atoms with Gasteiger partial charge in [0.2, 0.25) is 5.91 Å². The van der Waals surface area contributed by atoms with Gasteiger partial charge in [0, 0.05) is 48.2 Å². The fraction of sp³-hybridized carbons (Fsp3) is 0.276. The van der Waals surface area contributed by atoms with Gasteiger partial charge >= 0.3 is 0 Å². The van der Waals surface area contributed by atoms with Crippen LogP contribution in [-0.4, -0.2) is 53.5 Å². The van der Waals surface area contributed by atoms with E-state index in [4.69, 9.17) is 10.5 Å². The van der Waals surface area contributed by atoms with Crippen LogP contribution in [0.2, 0.25) is 0 Å². The molecule has 4 rings (SSSR count). The number of fused-ring (bicyclic) bond motifs is 1. The van der Waals surface area contributed by atoms with Crippen molar-refractivity contribution in [1.29, 1.82) is 0 Å². The van der Waals surface area contributed by atoms with E-state index in [0.29, 0.717) is 46.0 Å². The van der Waals surface area contributed by atoms with Crippen LogP contribution in [-0.2, 0) is 11.8 Å². The SMILES string of the molecule is CCNC(=O)c1cc2c(-c3cc(N)cc(Oc4c(C)cc(NC(=O)CN(C)C)cc4C)c3)cn(C)c(=O)c2[nH]1. The van der Waals surface area contributed by atoms with Crippen LogP contribution >= 0.6 is 0 Å². The van der Waals surface area contributed by atoms with Crippen LogP contribution in [0.25, 0.3) is 22.0 Å². The number of H-pyrrole nitrogens is 1. The van der Waals surface area contributed by atoms with Gasteiger partial charge in [0.25, 0.3) is 11.5 Å². The molecule has 0 aliphatic rings. The number of carbonyl (C=O) groups is 2. The Kier molecular flexibility index (Phi) is 7.78. The molecule has 2 amide bonds. The highest BCUT2D eigenvalue weighted by atomic mass is 16.5. The number of aromatic nitrogens is 2. The normalized spacial score (nSPS) is 11.2. The predicted octanol–water partition coefficient (Wildman–Crippen LogP) is 3.77. The van der Waals surface area contributed by atoms with Crippen LogP contribution in [0, 0.1) is 13.8 Å². The Hall–Kier alpha value is -4.57. The average molecular weight is 531 g/mol. The zero-order chi connectivity index (χ0) is 28.4. The van der Waals surface area contributed by atoms with E-state index in [1.807, 2.05) is 53.1 Å². The van der Waals surface area contributed by atoms with Gasteiger partial charge in [0.1, 0.15) is 22.7 Å². The zero-order valence-corrected chi connectivity index (χ0v) is 23.1. The van der Waals surface area contributed by atoms with Crippen molar-refractivity contribution < 1.29 is 14.3 Å². The second-order valence-corrected chi connectivity index (χ2v) is 9.91. The molecule has 2 heterocycles. The summed E-state index contributed by atoms with van der Waals surface area (Å²) in [6.45, 7) is 6.41. The molecule has 0 aliphatic carbocycles. The maximum absolute atomic E-state index is 12.8. The van der Waals surface area contributed by atoms with Crippen LogP contribution in [0.4, 0.5) is 11.4 Å². The van der Waals surface area contributed by atoms with E-state index < -0.39 is 0 Å². The fourth-order valence-corrected chi connectivity index (χ4v) is 4.57. The molecule has 0 atom stereocenters.